The zero-order valence-corrected chi connectivity index (χ0v) is 12.3. The van der Waals surface area contributed by atoms with Crippen LogP contribution in [-0.2, 0) is 6.54 Å². The maximum absolute atomic E-state index is 11.6. The molecule has 0 aliphatic heterocycles. The van der Waals surface area contributed by atoms with Crippen LogP contribution in [0.25, 0.3) is 0 Å². The summed E-state index contributed by atoms with van der Waals surface area (Å²) >= 11 is 5.94. The molecule has 1 amide bonds. The zero-order chi connectivity index (χ0) is 14.5. The first-order valence-electron chi connectivity index (χ1n) is 6.41. The van der Waals surface area contributed by atoms with Crippen molar-refractivity contribution in [1.29, 1.82) is 0 Å². The summed E-state index contributed by atoms with van der Waals surface area (Å²) in [5, 5.41) is 6.68. The van der Waals surface area contributed by atoms with Crippen LogP contribution in [0.15, 0.2) is 42.5 Å². The van der Waals surface area contributed by atoms with Crippen molar-refractivity contribution < 1.29 is 4.79 Å². The van der Waals surface area contributed by atoms with Gasteiger partial charge in [0.15, 0.2) is 0 Å². The van der Waals surface area contributed by atoms with E-state index < -0.39 is 0 Å². The van der Waals surface area contributed by atoms with Gasteiger partial charge in [-0.05, 0) is 48.4 Å². The topological polar surface area (TPSA) is 41.1 Å². The molecule has 0 aliphatic carbocycles. The fourth-order valence-corrected chi connectivity index (χ4v) is 2.20. The Morgan fingerprint density at radius 2 is 2.00 bits per heavy atom. The van der Waals surface area contributed by atoms with Gasteiger partial charge in [-0.3, -0.25) is 4.79 Å². The molecule has 0 saturated carbocycles. The molecule has 4 heteroatoms. The first-order valence-corrected chi connectivity index (χ1v) is 6.79. The van der Waals surface area contributed by atoms with Gasteiger partial charge in [0.2, 0.25) is 0 Å². The molecule has 2 rings (SSSR count). The van der Waals surface area contributed by atoms with Crippen LogP contribution in [0.2, 0.25) is 5.02 Å². The molecule has 2 N–H and O–H groups in total. The molecule has 104 valence electrons. The lowest BCUT2D eigenvalue weighted by molar-refractivity contribution is 0.0963. The Morgan fingerprint density at radius 1 is 1.20 bits per heavy atom. The highest BCUT2D eigenvalue weighted by Crippen LogP contribution is 2.17. The lowest BCUT2D eigenvalue weighted by Gasteiger charge is -2.10. The van der Waals surface area contributed by atoms with Crippen molar-refractivity contribution in [1.82, 2.24) is 5.32 Å². The van der Waals surface area contributed by atoms with E-state index in [0.29, 0.717) is 12.1 Å². The van der Waals surface area contributed by atoms with Crippen LogP contribution in [0.3, 0.4) is 0 Å². The summed E-state index contributed by atoms with van der Waals surface area (Å²) in [4.78, 5) is 11.6. The maximum Gasteiger partial charge on any atom is 0.251 e. The molecule has 0 fully saturated rings. The van der Waals surface area contributed by atoms with E-state index in [9.17, 15) is 4.79 Å². The summed E-state index contributed by atoms with van der Waals surface area (Å²) in [6.45, 7) is 2.73. The van der Waals surface area contributed by atoms with E-state index in [1.54, 1.807) is 13.1 Å². The highest BCUT2D eigenvalue weighted by Gasteiger charge is 2.04. The van der Waals surface area contributed by atoms with Crippen LogP contribution in [-0.4, -0.2) is 13.0 Å². The van der Waals surface area contributed by atoms with Crippen molar-refractivity contribution in [2.45, 2.75) is 13.5 Å². The van der Waals surface area contributed by atoms with Crippen molar-refractivity contribution in [2.75, 3.05) is 12.4 Å². The third kappa shape index (κ3) is 3.52. The number of hydrogen-bond donors (Lipinski definition) is 2. The van der Waals surface area contributed by atoms with Gasteiger partial charge < -0.3 is 10.6 Å². The molecule has 0 radical (unpaired) electrons. The third-order valence-electron chi connectivity index (χ3n) is 3.14. The molecule has 0 atom stereocenters. The molecular weight excluding hydrogens is 272 g/mol. The van der Waals surface area contributed by atoms with Gasteiger partial charge in [-0.15, -0.1) is 0 Å². The van der Waals surface area contributed by atoms with Gasteiger partial charge in [0.1, 0.15) is 0 Å². The fraction of sp³-hybridized carbons (Fsp3) is 0.188. The molecule has 0 bridgehead atoms. The number of carbonyl (C=O) groups is 1. The van der Waals surface area contributed by atoms with Gasteiger partial charge in [0.05, 0.1) is 0 Å². The minimum absolute atomic E-state index is 0.0867. The van der Waals surface area contributed by atoms with E-state index in [1.807, 2.05) is 43.3 Å². The van der Waals surface area contributed by atoms with E-state index >= 15 is 0 Å². The van der Waals surface area contributed by atoms with Gasteiger partial charge in [-0.1, -0.05) is 23.7 Å². The molecular formula is C16H17ClN2O. The summed E-state index contributed by atoms with van der Waals surface area (Å²) < 4.78 is 0. The van der Waals surface area contributed by atoms with E-state index in [1.165, 1.54) is 5.56 Å². The molecule has 20 heavy (non-hydrogen) atoms. The smallest absolute Gasteiger partial charge is 0.251 e. The van der Waals surface area contributed by atoms with E-state index in [-0.39, 0.29) is 5.91 Å². The summed E-state index contributed by atoms with van der Waals surface area (Å²) in [5.41, 5.74) is 3.89. The Hall–Kier alpha value is -2.00. The lowest BCUT2D eigenvalue weighted by atomic mass is 10.1. The summed E-state index contributed by atoms with van der Waals surface area (Å²) in [7, 11) is 1.62. The average Bonchev–Trinajstić information content (AvgIpc) is 2.46. The van der Waals surface area contributed by atoms with E-state index in [0.717, 1.165) is 16.3 Å². The largest absolute Gasteiger partial charge is 0.381 e. The van der Waals surface area contributed by atoms with E-state index in [2.05, 4.69) is 10.6 Å². The number of rotatable bonds is 4. The molecule has 2 aromatic carbocycles. The molecule has 0 heterocycles. The maximum atomic E-state index is 11.6. The molecule has 0 unspecified atom stereocenters. The number of amides is 1. The van der Waals surface area contributed by atoms with Gasteiger partial charge >= 0.3 is 0 Å². The zero-order valence-electron chi connectivity index (χ0n) is 11.5. The van der Waals surface area contributed by atoms with Crippen LogP contribution < -0.4 is 10.6 Å². The summed E-state index contributed by atoms with van der Waals surface area (Å²) in [5.74, 6) is -0.0867. The Bertz CT molecular complexity index is 626. The van der Waals surface area contributed by atoms with E-state index in [4.69, 9.17) is 11.6 Å². The van der Waals surface area contributed by atoms with Crippen molar-refractivity contribution in [3.8, 4) is 0 Å². The molecule has 3 nitrogen and oxygen atoms in total. The quantitative estimate of drug-likeness (QED) is 0.902. The molecule has 0 aliphatic rings. The first kappa shape index (κ1) is 14.4. The lowest BCUT2D eigenvalue weighted by Crippen LogP contribution is -2.17. The van der Waals surface area contributed by atoms with Crippen molar-refractivity contribution in [2.24, 2.45) is 0 Å². The predicted octanol–water partition coefficient (Wildman–Crippen LogP) is 3.62. The minimum Gasteiger partial charge on any atom is -0.381 e. The number of halogens is 1. The third-order valence-corrected chi connectivity index (χ3v) is 3.37. The highest BCUT2D eigenvalue weighted by molar-refractivity contribution is 6.30. The molecule has 0 aromatic heterocycles. The SMILES string of the molecule is CNC(=O)c1cccc(NCc2ccc(Cl)cc2C)c1. The first-order chi connectivity index (χ1) is 9.60. The van der Waals surface area contributed by atoms with Crippen molar-refractivity contribution in [3.05, 3.63) is 64.2 Å². The second-order valence-electron chi connectivity index (χ2n) is 4.58. The second-order valence-corrected chi connectivity index (χ2v) is 5.02. The number of aryl methyl sites for hydroxylation is 1. The molecule has 2 aromatic rings. The van der Waals surface area contributed by atoms with Gasteiger partial charge in [-0.25, -0.2) is 0 Å². The molecule has 0 spiro atoms. The second kappa shape index (κ2) is 6.44. The number of anilines is 1. The average molecular weight is 289 g/mol. The number of benzene rings is 2. The van der Waals surface area contributed by atoms with Gasteiger partial charge in [0, 0.05) is 29.9 Å². The Morgan fingerprint density at radius 3 is 2.70 bits per heavy atom. The number of hydrogen-bond acceptors (Lipinski definition) is 2. The monoisotopic (exact) mass is 288 g/mol. The predicted molar refractivity (Wildman–Crippen MR) is 83.3 cm³/mol. The number of nitrogens with one attached hydrogen (secondary N) is 2. The van der Waals surface area contributed by atoms with Crippen LogP contribution >= 0.6 is 11.6 Å². The Labute approximate surface area is 124 Å². The van der Waals surface area contributed by atoms with Crippen LogP contribution in [0.1, 0.15) is 21.5 Å². The molecule has 0 saturated heterocycles. The Balaban J connectivity index is 2.09. The van der Waals surface area contributed by atoms with Crippen LogP contribution in [0.5, 0.6) is 0 Å². The minimum atomic E-state index is -0.0867. The number of carbonyl (C=O) groups excluding carboxylic acids is 1. The standard InChI is InChI=1S/C16H17ClN2O/c1-11-8-14(17)7-6-13(11)10-19-15-5-3-4-12(9-15)16(20)18-2/h3-9,19H,10H2,1-2H3,(H,18,20). The normalized spacial score (nSPS) is 10.2. The van der Waals surface area contributed by atoms with Crippen LogP contribution in [0, 0.1) is 6.92 Å². The highest BCUT2D eigenvalue weighted by atomic mass is 35.5. The summed E-state index contributed by atoms with van der Waals surface area (Å²) in [6.07, 6.45) is 0. The van der Waals surface area contributed by atoms with Crippen molar-refractivity contribution in [3.63, 3.8) is 0 Å². The van der Waals surface area contributed by atoms with Gasteiger partial charge in [0.25, 0.3) is 5.91 Å². The Kier molecular flexibility index (Phi) is 4.64. The van der Waals surface area contributed by atoms with Crippen molar-refractivity contribution >= 4 is 23.2 Å². The van der Waals surface area contributed by atoms with Crippen LogP contribution in [0.4, 0.5) is 5.69 Å². The summed E-state index contributed by atoms with van der Waals surface area (Å²) in [6, 6.07) is 13.3. The van der Waals surface area contributed by atoms with Gasteiger partial charge in [-0.2, -0.15) is 0 Å². The fourth-order valence-electron chi connectivity index (χ4n) is 1.97.